The minimum atomic E-state index is -1.83. The molecule has 0 aliphatic carbocycles. The number of rotatable bonds is 1. The van der Waals surface area contributed by atoms with E-state index in [4.69, 9.17) is 15.0 Å². The Bertz CT molecular complexity index is 239. The van der Waals surface area contributed by atoms with Crippen molar-refractivity contribution in [3.63, 3.8) is 0 Å². The molecule has 1 aromatic rings. The number of carbonyl (C=O) groups is 1. The Hall–Kier alpha value is -1.81. The Labute approximate surface area is 76.1 Å². The summed E-state index contributed by atoms with van der Waals surface area (Å²) < 4.78 is 0. The predicted octanol–water partition coefficient (Wildman–Crippen LogP) is 1.73. The molecule has 0 fully saturated rings. The van der Waals surface area contributed by atoms with Crippen molar-refractivity contribution in [2.45, 2.75) is 0 Å². The standard InChI is InChI=1S/C8H8.CH2O3.H2O/c1-2-8-6-4-3-5-7-8;2-1(3)4;/h2-7H,1H2;(H2,2,3,4);1H2. The van der Waals surface area contributed by atoms with Crippen LogP contribution in [0.15, 0.2) is 36.9 Å². The first-order chi connectivity index (χ1) is 5.66. The van der Waals surface area contributed by atoms with E-state index in [0.717, 1.165) is 0 Å². The number of benzene rings is 1. The van der Waals surface area contributed by atoms with Crippen molar-refractivity contribution in [2.75, 3.05) is 0 Å². The van der Waals surface area contributed by atoms with Crippen molar-refractivity contribution in [2.24, 2.45) is 0 Å². The fourth-order valence-electron chi connectivity index (χ4n) is 0.589. The molecule has 0 bridgehead atoms. The van der Waals surface area contributed by atoms with Gasteiger partial charge in [0.05, 0.1) is 0 Å². The zero-order chi connectivity index (χ0) is 9.40. The zero-order valence-corrected chi connectivity index (χ0v) is 6.97. The van der Waals surface area contributed by atoms with Gasteiger partial charge in [-0.15, -0.1) is 0 Å². The Balaban J connectivity index is 0. The summed E-state index contributed by atoms with van der Waals surface area (Å²) in [7, 11) is 0. The number of carboxylic acid groups (broad SMARTS) is 2. The van der Waals surface area contributed by atoms with Crippen LogP contribution in [0.25, 0.3) is 6.08 Å². The largest absolute Gasteiger partial charge is 0.503 e. The molecule has 0 spiro atoms. The molecule has 0 radical (unpaired) electrons. The van der Waals surface area contributed by atoms with Crippen molar-refractivity contribution < 1.29 is 20.5 Å². The van der Waals surface area contributed by atoms with Crippen molar-refractivity contribution >= 4 is 12.2 Å². The van der Waals surface area contributed by atoms with Crippen LogP contribution in [0, 0.1) is 0 Å². The lowest BCUT2D eigenvalue weighted by Crippen LogP contribution is -1.81. The molecule has 1 rings (SSSR count). The van der Waals surface area contributed by atoms with Gasteiger partial charge in [0.1, 0.15) is 0 Å². The third-order valence-corrected chi connectivity index (χ3v) is 1.04. The quantitative estimate of drug-likeness (QED) is 0.696. The van der Waals surface area contributed by atoms with Gasteiger partial charge in [-0.3, -0.25) is 0 Å². The van der Waals surface area contributed by atoms with Gasteiger partial charge in [-0.2, -0.15) is 0 Å². The second-order valence-corrected chi connectivity index (χ2v) is 1.90. The molecule has 4 nitrogen and oxygen atoms in total. The van der Waals surface area contributed by atoms with Gasteiger partial charge in [-0.05, 0) is 5.56 Å². The molecule has 72 valence electrons. The lowest BCUT2D eigenvalue weighted by molar-refractivity contribution is 0.137. The van der Waals surface area contributed by atoms with Crippen molar-refractivity contribution in [3.05, 3.63) is 42.5 Å². The van der Waals surface area contributed by atoms with Crippen LogP contribution < -0.4 is 0 Å². The van der Waals surface area contributed by atoms with Crippen LogP contribution in [-0.4, -0.2) is 21.8 Å². The topological polar surface area (TPSA) is 89.0 Å². The maximum Gasteiger partial charge on any atom is 0.503 e. The Kier molecular flexibility index (Phi) is 8.77. The SMILES string of the molecule is C=Cc1ccccc1.O.O=C(O)O. The minimum Gasteiger partial charge on any atom is -0.450 e. The van der Waals surface area contributed by atoms with Crippen LogP contribution in [0.1, 0.15) is 5.56 Å². The molecule has 0 aromatic heterocycles. The second kappa shape index (κ2) is 8.29. The molecule has 0 saturated carbocycles. The van der Waals surface area contributed by atoms with Crippen LogP contribution in [0.4, 0.5) is 4.79 Å². The van der Waals surface area contributed by atoms with Crippen LogP contribution in [0.3, 0.4) is 0 Å². The average molecular weight is 184 g/mol. The molecule has 0 heterocycles. The molecule has 4 heteroatoms. The lowest BCUT2D eigenvalue weighted by atomic mass is 10.2. The van der Waals surface area contributed by atoms with Crippen molar-refractivity contribution in [1.29, 1.82) is 0 Å². The van der Waals surface area contributed by atoms with Gasteiger partial charge >= 0.3 is 6.16 Å². The smallest absolute Gasteiger partial charge is 0.450 e. The summed E-state index contributed by atoms with van der Waals surface area (Å²) in [6.07, 6.45) is 0. The predicted molar refractivity (Wildman–Crippen MR) is 50.8 cm³/mol. The molecule has 0 amide bonds. The normalized spacial score (nSPS) is 7.08. The summed E-state index contributed by atoms with van der Waals surface area (Å²) in [5.41, 5.74) is 1.17. The average Bonchev–Trinajstić information content (AvgIpc) is 2.05. The minimum absolute atomic E-state index is 0. The van der Waals surface area contributed by atoms with Crippen LogP contribution in [0.5, 0.6) is 0 Å². The highest BCUT2D eigenvalue weighted by atomic mass is 16.6. The molecular weight excluding hydrogens is 172 g/mol. The molecule has 13 heavy (non-hydrogen) atoms. The molecule has 0 aliphatic rings. The molecule has 0 unspecified atom stereocenters. The first-order valence-electron chi connectivity index (χ1n) is 3.26. The van der Waals surface area contributed by atoms with Gasteiger partial charge in [-0.1, -0.05) is 43.0 Å². The van der Waals surface area contributed by atoms with Gasteiger partial charge in [0.2, 0.25) is 0 Å². The van der Waals surface area contributed by atoms with E-state index in [-0.39, 0.29) is 5.48 Å². The molecular formula is C9H12O4. The summed E-state index contributed by atoms with van der Waals surface area (Å²) in [4.78, 5) is 8.56. The van der Waals surface area contributed by atoms with E-state index >= 15 is 0 Å². The highest BCUT2D eigenvalue weighted by Gasteiger charge is 1.75. The second-order valence-electron chi connectivity index (χ2n) is 1.90. The van der Waals surface area contributed by atoms with E-state index in [1.807, 2.05) is 36.4 Å². The Morgan fingerprint density at radius 3 is 1.85 bits per heavy atom. The van der Waals surface area contributed by atoms with Gasteiger partial charge < -0.3 is 15.7 Å². The monoisotopic (exact) mass is 184 g/mol. The third-order valence-electron chi connectivity index (χ3n) is 1.04. The van der Waals surface area contributed by atoms with Gasteiger partial charge in [0, 0.05) is 0 Å². The number of hydrogen-bond donors (Lipinski definition) is 2. The van der Waals surface area contributed by atoms with Crippen LogP contribution >= 0.6 is 0 Å². The van der Waals surface area contributed by atoms with E-state index in [1.54, 1.807) is 0 Å². The summed E-state index contributed by atoms with van der Waals surface area (Å²) >= 11 is 0. The Morgan fingerprint density at radius 2 is 1.62 bits per heavy atom. The van der Waals surface area contributed by atoms with Gasteiger partial charge in [0.25, 0.3) is 0 Å². The highest BCUT2D eigenvalue weighted by molar-refractivity contribution is 5.53. The van der Waals surface area contributed by atoms with E-state index in [1.165, 1.54) is 5.56 Å². The van der Waals surface area contributed by atoms with Crippen molar-refractivity contribution in [3.8, 4) is 0 Å². The maximum atomic E-state index is 8.56. The van der Waals surface area contributed by atoms with Gasteiger partial charge in [-0.25, -0.2) is 4.79 Å². The molecule has 1 aromatic carbocycles. The zero-order valence-electron chi connectivity index (χ0n) is 6.97. The van der Waals surface area contributed by atoms with E-state index in [9.17, 15) is 0 Å². The van der Waals surface area contributed by atoms with Gasteiger partial charge in [0.15, 0.2) is 0 Å². The summed E-state index contributed by atoms with van der Waals surface area (Å²) in [6.45, 7) is 3.63. The van der Waals surface area contributed by atoms with E-state index in [2.05, 4.69) is 6.58 Å². The summed E-state index contributed by atoms with van der Waals surface area (Å²) in [6, 6.07) is 10.0. The fourth-order valence-corrected chi connectivity index (χ4v) is 0.589. The van der Waals surface area contributed by atoms with Crippen LogP contribution in [-0.2, 0) is 0 Å². The van der Waals surface area contributed by atoms with Crippen molar-refractivity contribution in [1.82, 2.24) is 0 Å². The number of hydrogen-bond acceptors (Lipinski definition) is 1. The lowest BCUT2D eigenvalue weighted by Gasteiger charge is -1.85. The summed E-state index contributed by atoms with van der Waals surface area (Å²) in [5.74, 6) is 0. The highest BCUT2D eigenvalue weighted by Crippen LogP contribution is 1.97. The Morgan fingerprint density at radius 1 is 1.23 bits per heavy atom. The maximum absolute atomic E-state index is 8.56. The molecule has 0 saturated heterocycles. The fraction of sp³-hybridized carbons (Fsp3) is 0. The first-order valence-corrected chi connectivity index (χ1v) is 3.26. The molecule has 0 aliphatic heterocycles. The third kappa shape index (κ3) is 10.2. The summed E-state index contributed by atoms with van der Waals surface area (Å²) in [5, 5.41) is 13.9. The molecule has 0 atom stereocenters. The van der Waals surface area contributed by atoms with Crippen LogP contribution in [0.2, 0.25) is 0 Å². The van der Waals surface area contributed by atoms with E-state index in [0.29, 0.717) is 0 Å². The van der Waals surface area contributed by atoms with E-state index < -0.39 is 6.16 Å². The molecule has 4 N–H and O–H groups in total. The first kappa shape index (κ1) is 13.8.